The summed E-state index contributed by atoms with van der Waals surface area (Å²) in [7, 11) is 0. The fraction of sp³-hybridized carbons (Fsp3) is 0.857. The monoisotopic (exact) mass is 269 g/mol. The molecule has 1 aliphatic heterocycles. The first-order valence-corrected chi connectivity index (χ1v) is 7.02. The molecule has 5 nitrogen and oxygen atoms in total. The first-order valence-electron chi connectivity index (χ1n) is 7.02. The second-order valence-corrected chi connectivity index (χ2v) is 6.62. The molecular formula is C14H23NO4. The van der Waals surface area contributed by atoms with Gasteiger partial charge in [0.05, 0.1) is 0 Å². The van der Waals surface area contributed by atoms with E-state index in [0.29, 0.717) is 12.5 Å². The zero-order chi connectivity index (χ0) is 14.2. The van der Waals surface area contributed by atoms with Gasteiger partial charge in [-0.05, 0) is 45.4 Å². The van der Waals surface area contributed by atoms with Crippen LogP contribution in [0.5, 0.6) is 0 Å². The first kappa shape index (κ1) is 14.2. The van der Waals surface area contributed by atoms with Crippen molar-refractivity contribution in [3.05, 3.63) is 0 Å². The molecule has 2 fully saturated rings. The number of amides is 1. The number of carbonyl (C=O) groups is 2. The van der Waals surface area contributed by atoms with E-state index in [-0.39, 0.29) is 5.92 Å². The van der Waals surface area contributed by atoms with Gasteiger partial charge in [0.1, 0.15) is 11.6 Å². The number of ether oxygens (including phenoxy) is 1. The van der Waals surface area contributed by atoms with E-state index in [4.69, 9.17) is 4.74 Å². The van der Waals surface area contributed by atoms with Crippen LogP contribution in [0.25, 0.3) is 0 Å². The predicted molar refractivity (Wildman–Crippen MR) is 69.8 cm³/mol. The molecule has 0 aromatic carbocycles. The van der Waals surface area contributed by atoms with Crippen molar-refractivity contribution in [1.82, 2.24) is 4.90 Å². The number of rotatable bonds is 1. The maximum atomic E-state index is 12.2. The lowest BCUT2D eigenvalue weighted by Gasteiger charge is -2.29. The van der Waals surface area contributed by atoms with Gasteiger partial charge in [-0.1, -0.05) is 12.8 Å². The third-order valence-electron chi connectivity index (χ3n) is 4.02. The lowest BCUT2D eigenvalue weighted by molar-refractivity contribution is -0.143. The van der Waals surface area contributed by atoms with E-state index in [1.54, 1.807) is 20.8 Å². The van der Waals surface area contributed by atoms with Crippen LogP contribution in [0.2, 0.25) is 0 Å². The summed E-state index contributed by atoms with van der Waals surface area (Å²) in [4.78, 5) is 25.1. The summed E-state index contributed by atoms with van der Waals surface area (Å²) in [6.45, 7) is 5.91. The topological polar surface area (TPSA) is 66.8 Å². The Bertz CT molecular complexity index is 374. The number of carbonyl (C=O) groups excluding carboxylic acids is 1. The van der Waals surface area contributed by atoms with E-state index < -0.39 is 23.7 Å². The zero-order valence-corrected chi connectivity index (χ0v) is 11.9. The number of aliphatic carboxylic acids is 1. The normalized spacial score (nSPS) is 30.9. The van der Waals surface area contributed by atoms with Crippen LogP contribution in [-0.4, -0.2) is 40.3 Å². The van der Waals surface area contributed by atoms with E-state index in [0.717, 1.165) is 25.7 Å². The highest BCUT2D eigenvalue weighted by molar-refractivity contribution is 5.81. The molecule has 3 atom stereocenters. The fourth-order valence-corrected chi connectivity index (χ4v) is 3.30. The Labute approximate surface area is 113 Å². The molecule has 0 radical (unpaired) electrons. The number of hydrogen-bond acceptors (Lipinski definition) is 3. The van der Waals surface area contributed by atoms with Crippen molar-refractivity contribution in [3.8, 4) is 0 Å². The summed E-state index contributed by atoms with van der Waals surface area (Å²) >= 11 is 0. The van der Waals surface area contributed by atoms with Crippen molar-refractivity contribution >= 4 is 12.1 Å². The van der Waals surface area contributed by atoms with Gasteiger partial charge in [0, 0.05) is 6.54 Å². The zero-order valence-electron chi connectivity index (χ0n) is 11.9. The average Bonchev–Trinajstić information content (AvgIpc) is 2.65. The Morgan fingerprint density at radius 1 is 1.21 bits per heavy atom. The molecule has 19 heavy (non-hydrogen) atoms. The third kappa shape index (κ3) is 3.01. The number of hydrogen-bond donors (Lipinski definition) is 1. The summed E-state index contributed by atoms with van der Waals surface area (Å²) in [5.74, 6) is -0.485. The van der Waals surface area contributed by atoms with Crippen molar-refractivity contribution < 1.29 is 19.4 Å². The van der Waals surface area contributed by atoms with Crippen LogP contribution < -0.4 is 0 Å². The van der Waals surface area contributed by atoms with Gasteiger partial charge >= 0.3 is 12.1 Å². The minimum absolute atomic E-state index is 0.0961. The van der Waals surface area contributed by atoms with Crippen LogP contribution in [0, 0.1) is 11.8 Å². The van der Waals surface area contributed by atoms with Gasteiger partial charge in [-0.15, -0.1) is 0 Å². The Morgan fingerprint density at radius 2 is 1.84 bits per heavy atom. The molecule has 1 heterocycles. The number of carboxylic acids is 1. The molecule has 1 aliphatic carbocycles. The average molecular weight is 269 g/mol. The van der Waals surface area contributed by atoms with E-state index in [2.05, 4.69) is 0 Å². The van der Waals surface area contributed by atoms with Crippen molar-refractivity contribution in [2.24, 2.45) is 11.8 Å². The van der Waals surface area contributed by atoms with Gasteiger partial charge in [0.15, 0.2) is 0 Å². The standard InChI is InChI=1S/C14H23NO4/c1-14(2,3)19-13(18)15-8-9-6-4-5-7-10(9)11(15)12(16)17/h9-11H,4-8H2,1-3H3,(H,16,17)/t9-,10?,11-/m1/s1. The number of likely N-dealkylation sites (tertiary alicyclic amines) is 1. The van der Waals surface area contributed by atoms with Gasteiger partial charge in [-0.25, -0.2) is 9.59 Å². The Morgan fingerprint density at radius 3 is 2.42 bits per heavy atom. The van der Waals surface area contributed by atoms with Gasteiger partial charge in [-0.2, -0.15) is 0 Å². The maximum Gasteiger partial charge on any atom is 0.411 e. The smallest absolute Gasteiger partial charge is 0.411 e. The SMILES string of the molecule is CC(C)(C)OC(=O)N1C[C@H]2CCCCC2[C@@H]1C(=O)O. The largest absolute Gasteiger partial charge is 0.480 e. The molecule has 0 aromatic rings. The minimum atomic E-state index is -0.903. The summed E-state index contributed by atoms with van der Waals surface area (Å²) in [6, 6.07) is -0.708. The quantitative estimate of drug-likeness (QED) is 0.794. The molecule has 5 heteroatoms. The van der Waals surface area contributed by atoms with Crippen molar-refractivity contribution in [2.45, 2.75) is 58.1 Å². The molecule has 1 N–H and O–H groups in total. The Kier molecular flexibility index (Phi) is 3.74. The lowest BCUT2D eigenvalue weighted by Crippen LogP contribution is -2.45. The van der Waals surface area contributed by atoms with Crippen LogP contribution in [0.1, 0.15) is 46.5 Å². The van der Waals surface area contributed by atoms with Gasteiger partial charge in [0.2, 0.25) is 0 Å². The molecule has 2 aliphatic rings. The second-order valence-electron chi connectivity index (χ2n) is 6.62. The predicted octanol–water partition coefficient (Wildman–Crippen LogP) is 2.50. The molecular weight excluding hydrogens is 246 g/mol. The number of fused-ring (bicyclic) bond motifs is 1. The summed E-state index contributed by atoms with van der Waals surface area (Å²) in [6.07, 6.45) is 3.63. The van der Waals surface area contributed by atoms with E-state index in [1.807, 2.05) is 0 Å². The van der Waals surface area contributed by atoms with Gasteiger partial charge in [-0.3, -0.25) is 4.90 Å². The molecule has 1 unspecified atom stereocenters. The van der Waals surface area contributed by atoms with Crippen LogP contribution >= 0.6 is 0 Å². The number of nitrogens with zero attached hydrogens (tertiary/aromatic N) is 1. The van der Waals surface area contributed by atoms with Crippen LogP contribution in [-0.2, 0) is 9.53 Å². The highest BCUT2D eigenvalue weighted by Gasteiger charge is 2.49. The van der Waals surface area contributed by atoms with Gasteiger partial charge in [0.25, 0.3) is 0 Å². The van der Waals surface area contributed by atoms with Gasteiger partial charge < -0.3 is 9.84 Å². The van der Waals surface area contributed by atoms with Crippen molar-refractivity contribution in [3.63, 3.8) is 0 Å². The second kappa shape index (κ2) is 5.02. The van der Waals surface area contributed by atoms with Crippen LogP contribution in [0.15, 0.2) is 0 Å². The van der Waals surface area contributed by atoms with Crippen LogP contribution in [0.3, 0.4) is 0 Å². The molecule has 0 spiro atoms. The molecule has 0 aromatic heterocycles. The molecule has 1 saturated carbocycles. The Balaban J connectivity index is 2.14. The highest BCUT2D eigenvalue weighted by Crippen LogP contribution is 2.41. The summed E-state index contributed by atoms with van der Waals surface area (Å²) < 4.78 is 5.33. The maximum absolute atomic E-state index is 12.2. The fourth-order valence-electron chi connectivity index (χ4n) is 3.30. The van der Waals surface area contributed by atoms with E-state index in [9.17, 15) is 14.7 Å². The Hall–Kier alpha value is -1.26. The molecule has 1 saturated heterocycles. The molecule has 108 valence electrons. The summed E-state index contributed by atoms with van der Waals surface area (Å²) in [5.41, 5.74) is -0.589. The molecule has 2 rings (SSSR count). The lowest BCUT2D eigenvalue weighted by atomic mass is 9.78. The molecule has 1 amide bonds. The number of carboxylic acid groups (broad SMARTS) is 1. The van der Waals surface area contributed by atoms with Crippen LogP contribution in [0.4, 0.5) is 4.79 Å². The van der Waals surface area contributed by atoms with Crippen molar-refractivity contribution in [2.75, 3.05) is 6.54 Å². The van der Waals surface area contributed by atoms with E-state index in [1.165, 1.54) is 4.90 Å². The third-order valence-corrected chi connectivity index (χ3v) is 4.02. The molecule has 0 bridgehead atoms. The van der Waals surface area contributed by atoms with E-state index >= 15 is 0 Å². The van der Waals surface area contributed by atoms with Crippen molar-refractivity contribution in [1.29, 1.82) is 0 Å². The minimum Gasteiger partial charge on any atom is -0.480 e. The summed E-state index contributed by atoms with van der Waals surface area (Å²) in [5, 5.41) is 9.42. The first-order chi connectivity index (χ1) is 8.79. The highest BCUT2D eigenvalue weighted by atomic mass is 16.6.